The number of imidazole rings is 1. The molecule has 19 heavy (non-hydrogen) atoms. The zero-order valence-corrected chi connectivity index (χ0v) is 13.9. The molecule has 8 heteroatoms. The normalized spacial score (nSPS) is 11.1. The molecular formula is C11H7Cl2IN4S. The third kappa shape index (κ3) is 2.96. The molecule has 0 saturated carbocycles. The highest BCUT2D eigenvalue weighted by Crippen LogP contribution is 2.24. The number of rotatable bonds is 3. The first kappa shape index (κ1) is 13.4. The zero-order valence-electron chi connectivity index (χ0n) is 9.40. The molecule has 0 bridgehead atoms. The molecule has 0 aliphatic heterocycles. The van der Waals surface area contributed by atoms with E-state index in [-0.39, 0.29) is 0 Å². The van der Waals surface area contributed by atoms with E-state index in [2.05, 4.69) is 38.0 Å². The Morgan fingerprint density at radius 3 is 2.89 bits per heavy atom. The van der Waals surface area contributed by atoms with Crippen molar-refractivity contribution < 1.29 is 0 Å². The van der Waals surface area contributed by atoms with Crippen LogP contribution < -0.4 is 5.32 Å². The fraction of sp³-hybridized carbons (Fsp3) is 0.0909. The van der Waals surface area contributed by atoms with Crippen molar-refractivity contribution in [2.75, 3.05) is 5.32 Å². The molecular weight excluding hydrogens is 418 g/mol. The number of nitrogens with one attached hydrogen (secondary N) is 1. The highest BCUT2D eigenvalue weighted by atomic mass is 127. The molecule has 0 radical (unpaired) electrons. The van der Waals surface area contributed by atoms with E-state index in [9.17, 15) is 0 Å². The Hall–Kier alpha value is -0.570. The zero-order chi connectivity index (χ0) is 13.4. The summed E-state index contributed by atoms with van der Waals surface area (Å²) < 4.78 is 2.70. The van der Waals surface area contributed by atoms with Crippen molar-refractivity contribution in [3.8, 4) is 0 Å². The molecule has 0 unspecified atom stereocenters. The van der Waals surface area contributed by atoms with E-state index in [1.165, 1.54) is 11.3 Å². The van der Waals surface area contributed by atoms with E-state index in [0.717, 1.165) is 19.4 Å². The van der Waals surface area contributed by atoms with Gasteiger partial charge in [0.05, 0.1) is 16.2 Å². The lowest BCUT2D eigenvalue weighted by Gasteiger charge is -2.03. The molecule has 0 aliphatic rings. The Balaban J connectivity index is 1.74. The third-order valence-corrected chi connectivity index (χ3v) is 4.58. The van der Waals surface area contributed by atoms with Gasteiger partial charge in [0.15, 0.2) is 0 Å². The smallest absolute Gasteiger partial charge is 0.214 e. The molecule has 3 aromatic rings. The second-order valence-electron chi connectivity index (χ2n) is 3.80. The number of aromatic nitrogens is 3. The largest absolute Gasteiger partial charge is 0.356 e. The maximum atomic E-state index is 5.97. The van der Waals surface area contributed by atoms with Crippen molar-refractivity contribution in [2.45, 2.75) is 6.54 Å². The summed E-state index contributed by atoms with van der Waals surface area (Å²) in [6.07, 6.45) is 1.89. The van der Waals surface area contributed by atoms with E-state index < -0.39 is 0 Å². The number of halogens is 3. The van der Waals surface area contributed by atoms with Gasteiger partial charge in [-0.1, -0.05) is 40.6 Å². The van der Waals surface area contributed by atoms with Gasteiger partial charge in [-0.05, 0) is 40.3 Å². The number of hydrogen-bond donors (Lipinski definition) is 1. The highest BCUT2D eigenvalue weighted by Gasteiger charge is 2.06. The van der Waals surface area contributed by atoms with Gasteiger partial charge >= 0.3 is 0 Å². The molecule has 0 atom stereocenters. The minimum atomic E-state index is 0.560. The molecule has 2 heterocycles. The molecule has 1 aromatic carbocycles. The van der Waals surface area contributed by atoms with Crippen molar-refractivity contribution >= 4 is 67.2 Å². The quantitative estimate of drug-likeness (QED) is 0.637. The van der Waals surface area contributed by atoms with Gasteiger partial charge in [-0.25, -0.2) is 9.50 Å². The maximum absolute atomic E-state index is 5.97. The Labute approximate surface area is 136 Å². The third-order valence-electron chi connectivity index (χ3n) is 2.44. The molecule has 0 amide bonds. The number of hydrogen-bond acceptors (Lipinski definition) is 4. The van der Waals surface area contributed by atoms with Crippen molar-refractivity contribution in [1.29, 1.82) is 0 Å². The minimum Gasteiger partial charge on any atom is -0.356 e. The van der Waals surface area contributed by atoms with Crippen molar-refractivity contribution in [3.05, 3.63) is 43.7 Å². The molecule has 4 nitrogen and oxygen atoms in total. The number of nitrogens with zero attached hydrogens (tertiary/aromatic N) is 3. The van der Waals surface area contributed by atoms with E-state index in [1.54, 1.807) is 10.6 Å². The summed E-state index contributed by atoms with van der Waals surface area (Å²) in [4.78, 5) is 5.22. The van der Waals surface area contributed by atoms with Gasteiger partial charge in [-0.2, -0.15) is 0 Å². The molecule has 0 spiro atoms. The molecule has 0 aliphatic carbocycles. The molecule has 1 N–H and O–H groups in total. The predicted octanol–water partition coefficient (Wildman–Crippen LogP) is 4.31. The molecule has 3 rings (SSSR count). The van der Waals surface area contributed by atoms with Crippen LogP contribution in [0.15, 0.2) is 24.4 Å². The van der Waals surface area contributed by atoms with Crippen LogP contribution in [0.1, 0.15) is 5.56 Å². The van der Waals surface area contributed by atoms with Crippen molar-refractivity contribution in [2.24, 2.45) is 0 Å². The first-order valence-corrected chi connectivity index (χ1v) is 7.96. The Bertz CT molecular complexity index is 708. The predicted molar refractivity (Wildman–Crippen MR) is 87.4 cm³/mol. The van der Waals surface area contributed by atoms with Crippen LogP contribution in [0.3, 0.4) is 0 Å². The average Bonchev–Trinajstić information content (AvgIpc) is 2.87. The summed E-state index contributed by atoms with van der Waals surface area (Å²) in [5.74, 6) is 0. The highest BCUT2D eigenvalue weighted by molar-refractivity contribution is 14.1. The topological polar surface area (TPSA) is 42.2 Å². The van der Waals surface area contributed by atoms with Crippen LogP contribution in [0, 0.1) is 3.70 Å². The Morgan fingerprint density at radius 1 is 1.32 bits per heavy atom. The fourth-order valence-electron chi connectivity index (χ4n) is 1.57. The van der Waals surface area contributed by atoms with Crippen LogP contribution in [-0.2, 0) is 6.54 Å². The second-order valence-corrected chi connectivity index (χ2v) is 6.68. The first-order valence-electron chi connectivity index (χ1n) is 5.31. The van der Waals surface area contributed by atoms with E-state index >= 15 is 0 Å². The minimum absolute atomic E-state index is 0.560. The molecule has 98 valence electrons. The number of fused-ring (bicyclic) bond motifs is 1. The van der Waals surface area contributed by atoms with Crippen molar-refractivity contribution in [3.63, 3.8) is 0 Å². The lowest BCUT2D eigenvalue weighted by Crippen LogP contribution is -1.99. The monoisotopic (exact) mass is 424 g/mol. The first-order chi connectivity index (χ1) is 9.11. The maximum Gasteiger partial charge on any atom is 0.214 e. The van der Waals surface area contributed by atoms with Crippen LogP contribution in [-0.4, -0.2) is 14.6 Å². The van der Waals surface area contributed by atoms with Gasteiger partial charge in [0.1, 0.15) is 3.70 Å². The summed E-state index contributed by atoms with van der Waals surface area (Å²) >= 11 is 15.5. The summed E-state index contributed by atoms with van der Waals surface area (Å²) in [5.41, 5.74) is 1.05. The summed E-state index contributed by atoms with van der Waals surface area (Å²) in [6.45, 7) is 0.644. The average molecular weight is 425 g/mol. The van der Waals surface area contributed by atoms with E-state index in [1.807, 2.05) is 18.3 Å². The van der Waals surface area contributed by atoms with Gasteiger partial charge in [-0.15, -0.1) is 5.10 Å². The van der Waals surface area contributed by atoms with Gasteiger partial charge in [0.2, 0.25) is 10.1 Å². The number of benzene rings is 1. The summed E-state index contributed by atoms with van der Waals surface area (Å²) in [6, 6.07) is 5.57. The van der Waals surface area contributed by atoms with Gasteiger partial charge < -0.3 is 5.32 Å². The standard InChI is InChI=1S/C11H7Cl2IN4S/c12-7-2-1-6(3-8(7)13)4-15-10-17-18-5-9(14)16-11(18)19-10/h1-3,5H,4H2,(H,15,17). The van der Waals surface area contributed by atoms with Crippen molar-refractivity contribution in [1.82, 2.24) is 14.6 Å². The summed E-state index contributed by atoms with van der Waals surface area (Å²) in [5, 5.41) is 9.58. The van der Waals surface area contributed by atoms with E-state index in [4.69, 9.17) is 23.2 Å². The van der Waals surface area contributed by atoms with Crippen LogP contribution in [0.4, 0.5) is 5.13 Å². The second kappa shape index (κ2) is 5.43. The Kier molecular flexibility index (Phi) is 3.84. The van der Waals surface area contributed by atoms with Gasteiger partial charge in [-0.3, -0.25) is 0 Å². The molecule has 2 aromatic heterocycles. The van der Waals surface area contributed by atoms with Crippen LogP contribution in [0.25, 0.3) is 4.96 Å². The van der Waals surface area contributed by atoms with E-state index in [0.29, 0.717) is 16.6 Å². The van der Waals surface area contributed by atoms with Crippen LogP contribution in [0.2, 0.25) is 10.0 Å². The van der Waals surface area contributed by atoms with Crippen LogP contribution >= 0.6 is 57.1 Å². The Morgan fingerprint density at radius 2 is 2.16 bits per heavy atom. The molecule has 0 saturated heterocycles. The van der Waals surface area contributed by atoms with Crippen LogP contribution in [0.5, 0.6) is 0 Å². The lowest BCUT2D eigenvalue weighted by molar-refractivity contribution is 0.960. The number of anilines is 1. The fourth-order valence-corrected chi connectivity index (χ4v) is 3.33. The SMILES string of the molecule is Clc1ccc(CNc2nn3cc(I)nc3s2)cc1Cl. The van der Waals surface area contributed by atoms with Gasteiger partial charge in [0.25, 0.3) is 0 Å². The summed E-state index contributed by atoms with van der Waals surface area (Å²) in [7, 11) is 0. The lowest BCUT2D eigenvalue weighted by atomic mass is 10.2. The molecule has 0 fully saturated rings. The van der Waals surface area contributed by atoms with Gasteiger partial charge in [0, 0.05) is 6.54 Å².